The molecule has 2 saturated carbocycles. The number of aromatic hydroxyl groups is 1. The highest BCUT2D eigenvalue weighted by Crippen LogP contribution is 2.69. The molecule has 0 saturated heterocycles. The Morgan fingerprint density at radius 2 is 1.56 bits per heavy atom. The van der Waals surface area contributed by atoms with Gasteiger partial charge >= 0.3 is 12.1 Å². The number of unbranched alkanes of at least 4 members (excludes halogenated alkanes) is 8. The molecule has 2 N–H and O–H groups in total. The molecule has 6 atom stereocenters. The number of fused-ring (bicyclic) bond motifs is 5. The number of benzene rings is 1. The highest BCUT2D eigenvalue weighted by atomic mass is 19.4. The average molecular weight is 642 g/mol. The summed E-state index contributed by atoms with van der Waals surface area (Å²) in [4.78, 5) is 2.29. The minimum absolute atomic E-state index is 0.00844. The van der Waals surface area contributed by atoms with Gasteiger partial charge in [-0.2, -0.15) is 22.0 Å². The Balaban J connectivity index is 1.17. The monoisotopic (exact) mass is 641 g/mol. The molecule has 3 aliphatic rings. The second-order valence-corrected chi connectivity index (χ2v) is 14.9. The minimum Gasteiger partial charge on any atom is -0.508 e. The van der Waals surface area contributed by atoms with Crippen LogP contribution in [-0.2, 0) is 6.42 Å². The Morgan fingerprint density at radius 1 is 0.933 bits per heavy atom. The van der Waals surface area contributed by atoms with Crippen molar-refractivity contribution in [3.05, 3.63) is 42.0 Å². The van der Waals surface area contributed by atoms with E-state index in [1.54, 1.807) is 0 Å². The number of aryl methyl sites for hydroxylation is 1. The second-order valence-electron chi connectivity index (χ2n) is 14.9. The fourth-order valence-corrected chi connectivity index (χ4v) is 9.52. The summed E-state index contributed by atoms with van der Waals surface area (Å²) < 4.78 is 62.7. The molecule has 45 heavy (non-hydrogen) atoms. The number of phenolic OH excluding ortho intramolecular Hbond substituents is 1. The first-order chi connectivity index (χ1) is 21.2. The van der Waals surface area contributed by atoms with Crippen molar-refractivity contribution in [3.8, 4) is 5.75 Å². The third-order valence-electron chi connectivity index (χ3n) is 11.9. The van der Waals surface area contributed by atoms with Gasteiger partial charge in [0.05, 0.1) is 6.10 Å². The van der Waals surface area contributed by atoms with E-state index >= 15 is 0 Å². The number of hydrogen-bond donors (Lipinski definition) is 2. The molecule has 0 bridgehead atoms. The van der Waals surface area contributed by atoms with Crippen LogP contribution in [0.15, 0.2) is 30.9 Å². The maximum atomic E-state index is 13.0. The van der Waals surface area contributed by atoms with E-state index < -0.39 is 18.5 Å². The fraction of sp³-hybridized carbons (Fsp3) is 0.784. The van der Waals surface area contributed by atoms with Gasteiger partial charge in [-0.3, -0.25) is 0 Å². The molecule has 0 spiro atoms. The van der Waals surface area contributed by atoms with Crippen molar-refractivity contribution >= 4 is 0 Å². The third kappa shape index (κ3) is 8.08. The lowest BCUT2D eigenvalue weighted by Crippen LogP contribution is -2.54. The summed E-state index contributed by atoms with van der Waals surface area (Å²) in [5.74, 6) is -2.93. The predicted molar refractivity (Wildman–Crippen MR) is 171 cm³/mol. The van der Waals surface area contributed by atoms with Crippen molar-refractivity contribution in [3.63, 3.8) is 0 Å². The van der Waals surface area contributed by atoms with Crippen molar-refractivity contribution in [1.29, 1.82) is 0 Å². The summed E-state index contributed by atoms with van der Waals surface area (Å²) in [5.41, 5.74) is 2.58. The molecular weight excluding hydrogens is 585 g/mol. The van der Waals surface area contributed by atoms with E-state index in [-0.39, 0.29) is 23.4 Å². The molecule has 1 unspecified atom stereocenters. The summed E-state index contributed by atoms with van der Waals surface area (Å²) in [7, 11) is 2.09. The number of hydrogen-bond acceptors (Lipinski definition) is 3. The lowest BCUT2D eigenvalue weighted by atomic mass is 9.44. The lowest BCUT2D eigenvalue weighted by molar-refractivity contribution is -0.284. The molecule has 1 aromatic carbocycles. The molecular formula is C37H56F5NO2. The molecule has 0 aliphatic heterocycles. The summed E-state index contributed by atoms with van der Waals surface area (Å²) >= 11 is 0. The van der Waals surface area contributed by atoms with Crippen LogP contribution in [0.1, 0.15) is 127 Å². The average Bonchev–Trinajstić information content (AvgIpc) is 3.28. The van der Waals surface area contributed by atoms with Gasteiger partial charge in [-0.05, 0) is 130 Å². The van der Waals surface area contributed by atoms with E-state index in [1.807, 2.05) is 12.1 Å². The normalized spacial score (nSPS) is 29.8. The van der Waals surface area contributed by atoms with Gasteiger partial charge in [0.1, 0.15) is 5.75 Å². The van der Waals surface area contributed by atoms with Gasteiger partial charge in [0.25, 0.3) is 0 Å². The summed E-state index contributed by atoms with van der Waals surface area (Å²) in [6, 6.07) is 5.96. The predicted octanol–water partition coefficient (Wildman–Crippen LogP) is 10.2. The molecule has 1 aromatic rings. The molecule has 3 nitrogen and oxygen atoms in total. The van der Waals surface area contributed by atoms with Crippen LogP contribution in [0.4, 0.5) is 22.0 Å². The second kappa shape index (κ2) is 15.0. The first-order valence-electron chi connectivity index (χ1n) is 17.5. The maximum absolute atomic E-state index is 13.0. The zero-order valence-corrected chi connectivity index (χ0v) is 27.5. The molecule has 8 heteroatoms. The van der Waals surface area contributed by atoms with Gasteiger partial charge in [-0.1, -0.05) is 64.0 Å². The van der Waals surface area contributed by atoms with Crippen molar-refractivity contribution in [1.82, 2.24) is 4.90 Å². The van der Waals surface area contributed by atoms with E-state index in [9.17, 15) is 32.2 Å². The summed E-state index contributed by atoms with van der Waals surface area (Å²) in [6.07, 6.45) is 10.1. The number of aliphatic hydroxyl groups is 1. The molecule has 0 heterocycles. The topological polar surface area (TPSA) is 43.7 Å². The number of rotatable bonds is 17. The van der Waals surface area contributed by atoms with E-state index in [4.69, 9.17) is 0 Å². The lowest BCUT2D eigenvalue weighted by Gasteiger charge is -2.60. The van der Waals surface area contributed by atoms with Crippen LogP contribution in [0.3, 0.4) is 0 Å². The number of halogens is 5. The molecule has 0 radical (unpaired) electrons. The minimum atomic E-state index is -5.44. The standard InChI is InChI=1S/C37H56F5NO2/c1-4-35-22-20-27-25-29(44)16-17-30(27)33(35)28(26-34(2)31(35)18-19-32(34)45)15-11-7-5-9-13-23-43(3)24-14-10-6-8-12-21-36(38,39)37(40,41)42/h4,16-17,25,28,31-33,44-45H,1,5-15,18-24,26H2,2-3H3/t28-,31+,32-,33+,34-,35?/m0/s1. The van der Waals surface area contributed by atoms with Gasteiger partial charge < -0.3 is 15.1 Å². The van der Waals surface area contributed by atoms with Gasteiger partial charge in [0.15, 0.2) is 0 Å². The number of allylic oxidation sites excluding steroid dienone is 1. The van der Waals surface area contributed by atoms with Crippen LogP contribution < -0.4 is 0 Å². The van der Waals surface area contributed by atoms with Crippen LogP contribution in [0, 0.1) is 22.7 Å². The van der Waals surface area contributed by atoms with Gasteiger partial charge in [0, 0.05) is 6.42 Å². The third-order valence-corrected chi connectivity index (χ3v) is 11.9. The van der Waals surface area contributed by atoms with E-state index in [1.165, 1.54) is 36.8 Å². The van der Waals surface area contributed by atoms with Crippen LogP contribution in [-0.4, -0.2) is 53.5 Å². The Bertz CT molecular complexity index is 1110. The number of aliphatic hydroxyl groups excluding tert-OH is 1. The molecule has 0 amide bonds. The molecule has 2 fully saturated rings. The molecule has 3 aliphatic carbocycles. The Morgan fingerprint density at radius 3 is 2.20 bits per heavy atom. The van der Waals surface area contributed by atoms with Crippen LogP contribution >= 0.6 is 0 Å². The molecule has 0 aromatic heterocycles. The molecule has 4 rings (SSSR count). The van der Waals surface area contributed by atoms with Gasteiger partial charge in [-0.15, -0.1) is 6.58 Å². The van der Waals surface area contributed by atoms with Gasteiger partial charge in [0.2, 0.25) is 0 Å². The van der Waals surface area contributed by atoms with Crippen molar-refractivity contribution in [2.45, 2.75) is 140 Å². The van der Waals surface area contributed by atoms with Crippen molar-refractivity contribution in [2.24, 2.45) is 22.7 Å². The van der Waals surface area contributed by atoms with Crippen LogP contribution in [0.25, 0.3) is 0 Å². The zero-order chi connectivity index (χ0) is 32.9. The highest BCUT2D eigenvalue weighted by molar-refractivity contribution is 5.43. The van der Waals surface area contributed by atoms with Crippen molar-refractivity contribution in [2.75, 3.05) is 20.1 Å². The van der Waals surface area contributed by atoms with E-state index in [0.717, 1.165) is 70.9 Å². The highest BCUT2D eigenvalue weighted by Gasteiger charge is 2.63. The SMILES string of the molecule is C=CC12CCc3cc(O)ccc3[C@H]1[C@@H](CCCCCCCN(C)CCCCCCCC(F)(F)C(F)(F)F)C[C@]1(C)[C@@H](O)CC[C@@H]21. The maximum Gasteiger partial charge on any atom is 0.453 e. The molecule has 256 valence electrons. The first kappa shape index (κ1) is 36.2. The first-order valence-corrected chi connectivity index (χ1v) is 17.5. The van der Waals surface area contributed by atoms with Crippen molar-refractivity contribution < 1.29 is 32.2 Å². The number of nitrogens with zero attached hydrogens (tertiary/aromatic N) is 1. The zero-order valence-electron chi connectivity index (χ0n) is 27.5. The van der Waals surface area contributed by atoms with E-state index in [0.29, 0.717) is 36.3 Å². The Kier molecular flexibility index (Phi) is 12.1. The largest absolute Gasteiger partial charge is 0.508 e. The summed E-state index contributed by atoms with van der Waals surface area (Å²) in [5, 5.41) is 21.4. The Labute approximate surface area is 267 Å². The van der Waals surface area contributed by atoms with Gasteiger partial charge in [-0.25, -0.2) is 0 Å². The number of phenols is 1. The smallest absolute Gasteiger partial charge is 0.453 e. The Hall–Kier alpha value is -1.67. The number of alkyl halides is 5. The van der Waals surface area contributed by atoms with E-state index in [2.05, 4.69) is 37.6 Å². The van der Waals surface area contributed by atoms with Crippen LogP contribution in [0.2, 0.25) is 0 Å². The van der Waals surface area contributed by atoms with Crippen LogP contribution in [0.5, 0.6) is 5.75 Å². The summed E-state index contributed by atoms with van der Waals surface area (Å²) in [6.45, 7) is 8.65. The fourth-order valence-electron chi connectivity index (χ4n) is 9.52. The quantitative estimate of drug-likeness (QED) is 0.101.